The molecule has 26 heavy (non-hydrogen) atoms. The van der Waals surface area contributed by atoms with Crippen molar-refractivity contribution in [2.24, 2.45) is 0 Å². The Balaban J connectivity index is 1.95. The molecule has 0 fully saturated rings. The Hall–Kier alpha value is -3.42. The van der Waals surface area contributed by atoms with Crippen LogP contribution >= 0.6 is 0 Å². The lowest BCUT2D eigenvalue weighted by Gasteiger charge is -2.14. The first-order valence-electron chi connectivity index (χ1n) is 7.70. The van der Waals surface area contributed by atoms with Gasteiger partial charge in [0.25, 0.3) is 0 Å². The topological polar surface area (TPSA) is 145 Å². The number of carboxylic acid groups (broad SMARTS) is 1. The third-order valence-corrected chi connectivity index (χ3v) is 3.67. The Labute approximate surface area is 148 Å². The van der Waals surface area contributed by atoms with Crippen molar-refractivity contribution in [1.82, 2.24) is 0 Å². The highest BCUT2D eigenvalue weighted by atomic mass is 16.6. The molecule has 5 N–H and O–H groups in total. The first-order valence-corrected chi connectivity index (χ1v) is 7.70. The number of ether oxygens (including phenoxy) is 1. The fraction of sp³-hybridized carbons (Fsp3) is 0.222. The number of phenols is 4. The third-order valence-electron chi connectivity index (χ3n) is 3.67. The van der Waals surface area contributed by atoms with Gasteiger partial charge >= 0.3 is 11.9 Å². The van der Waals surface area contributed by atoms with E-state index in [1.54, 1.807) is 0 Å². The average Bonchev–Trinajstić information content (AvgIpc) is 2.58. The molecule has 1 atom stereocenters. The predicted octanol–water partition coefficient (Wildman–Crippen LogP) is 1.68. The van der Waals surface area contributed by atoms with Crippen molar-refractivity contribution in [1.29, 1.82) is 0 Å². The second-order valence-electron chi connectivity index (χ2n) is 5.67. The lowest BCUT2D eigenvalue weighted by atomic mass is 10.1. The molecule has 138 valence electrons. The number of aromatic hydroxyl groups is 4. The summed E-state index contributed by atoms with van der Waals surface area (Å²) in [5.74, 6) is -3.41. The Kier molecular flexibility index (Phi) is 5.90. The fourth-order valence-electron chi connectivity index (χ4n) is 2.28. The van der Waals surface area contributed by atoms with Gasteiger partial charge in [0.05, 0.1) is 0 Å². The number of carboxylic acids is 1. The molecule has 0 saturated carbocycles. The van der Waals surface area contributed by atoms with Gasteiger partial charge in [-0.15, -0.1) is 0 Å². The summed E-state index contributed by atoms with van der Waals surface area (Å²) in [6.07, 6.45) is -1.54. The number of aliphatic carboxylic acids is 1. The number of esters is 1. The Bertz CT molecular complexity index is 815. The van der Waals surface area contributed by atoms with Crippen LogP contribution in [0.1, 0.15) is 17.5 Å². The number of phenolic OH excluding ortho intramolecular Hbond substituents is 4. The van der Waals surface area contributed by atoms with Crippen molar-refractivity contribution < 1.29 is 39.9 Å². The number of hydrogen-bond acceptors (Lipinski definition) is 7. The van der Waals surface area contributed by atoms with Crippen LogP contribution in [-0.4, -0.2) is 43.6 Å². The van der Waals surface area contributed by atoms with Gasteiger partial charge in [-0.3, -0.25) is 4.79 Å². The zero-order valence-corrected chi connectivity index (χ0v) is 13.6. The van der Waals surface area contributed by atoms with Crippen LogP contribution in [0.3, 0.4) is 0 Å². The van der Waals surface area contributed by atoms with Gasteiger partial charge in [-0.1, -0.05) is 12.1 Å². The second kappa shape index (κ2) is 8.11. The van der Waals surface area contributed by atoms with E-state index in [1.807, 2.05) is 0 Å². The summed E-state index contributed by atoms with van der Waals surface area (Å²) in [5.41, 5.74) is 0.955. The van der Waals surface area contributed by atoms with Crippen LogP contribution in [0.4, 0.5) is 0 Å². The average molecular weight is 362 g/mol. The number of hydrogen-bond donors (Lipinski definition) is 5. The molecule has 0 aliphatic heterocycles. The first-order chi connectivity index (χ1) is 12.3. The van der Waals surface area contributed by atoms with Gasteiger partial charge in [-0.05, 0) is 41.8 Å². The van der Waals surface area contributed by atoms with Crippen molar-refractivity contribution in [2.45, 2.75) is 25.4 Å². The lowest BCUT2D eigenvalue weighted by molar-refractivity contribution is -0.163. The molecule has 0 unspecified atom stereocenters. The highest BCUT2D eigenvalue weighted by Crippen LogP contribution is 2.26. The molecular formula is C18H18O8. The van der Waals surface area contributed by atoms with Crippen molar-refractivity contribution in [3.05, 3.63) is 47.5 Å². The number of carbonyl (C=O) groups is 2. The normalized spacial score (nSPS) is 11.7. The highest BCUT2D eigenvalue weighted by molar-refractivity contribution is 5.78. The van der Waals surface area contributed by atoms with Gasteiger partial charge in [-0.25, -0.2) is 4.79 Å². The quantitative estimate of drug-likeness (QED) is 0.369. The Morgan fingerprint density at radius 1 is 0.846 bits per heavy atom. The molecule has 8 heteroatoms. The number of rotatable bonds is 7. The van der Waals surface area contributed by atoms with E-state index in [4.69, 9.17) is 4.74 Å². The summed E-state index contributed by atoms with van der Waals surface area (Å²) in [4.78, 5) is 23.2. The van der Waals surface area contributed by atoms with Crippen LogP contribution in [0.15, 0.2) is 36.4 Å². The minimum Gasteiger partial charge on any atom is -0.504 e. The van der Waals surface area contributed by atoms with Crippen molar-refractivity contribution >= 4 is 11.9 Å². The SMILES string of the molecule is O=C(CCc1ccc(O)c(O)c1)O[C@@H](Cc1ccc(O)c(O)c1)C(=O)O. The summed E-state index contributed by atoms with van der Waals surface area (Å²) in [7, 11) is 0. The molecule has 2 aromatic rings. The predicted molar refractivity (Wildman–Crippen MR) is 89.1 cm³/mol. The van der Waals surface area contributed by atoms with Crippen molar-refractivity contribution in [3.8, 4) is 23.0 Å². The zero-order chi connectivity index (χ0) is 19.3. The molecule has 0 heterocycles. The number of carbonyl (C=O) groups excluding carboxylic acids is 1. The van der Waals surface area contributed by atoms with E-state index in [1.165, 1.54) is 36.4 Å². The molecule has 0 amide bonds. The first kappa shape index (κ1) is 18.9. The fourth-order valence-corrected chi connectivity index (χ4v) is 2.28. The molecule has 2 aromatic carbocycles. The van der Waals surface area contributed by atoms with Gasteiger partial charge in [0, 0.05) is 12.8 Å². The molecule has 0 bridgehead atoms. The molecule has 0 saturated heterocycles. The van der Waals surface area contributed by atoms with Crippen molar-refractivity contribution in [3.63, 3.8) is 0 Å². The third kappa shape index (κ3) is 5.04. The van der Waals surface area contributed by atoms with E-state index >= 15 is 0 Å². The van der Waals surface area contributed by atoms with Gasteiger partial charge in [-0.2, -0.15) is 0 Å². The van der Waals surface area contributed by atoms with E-state index in [-0.39, 0.29) is 36.5 Å². The van der Waals surface area contributed by atoms with E-state index in [9.17, 15) is 35.1 Å². The van der Waals surface area contributed by atoms with E-state index in [2.05, 4.69) is 0 Å². The van der Waals surface area contributed by atoms with Crippen LogP contribution in [0, 0.1) is 0 Å². The maximum absolute atomic E-state index is 11.9. The molecule has 0 aliphatic rings. The van der Waals surface area contributed by atoms with Gasteiger partial charge in [0.15, 0.2) is 23.0 Å². The summed E-state index contributed by atoms with van der Waals surface area (Å²) < 4.78 is 4.97. The number of benzene rings is 2. The van der Waals surface area contributed by atoms with E-state index < -0.39 is 23.8 Å². The molecular weight excluding hydrogens is 344 g/mol. The van der Waals surface area contributed by atoms with Crippen molar-refractivity contribution in [2.75, 3.05) is 0 Å². The van der Waals surface area contributed by atoms with Crippen LogP contribution < -0.4 is 0 Å². The minimum absolute atomic E-state index is 0.116. The summed E-state index contributed by atoms with van der Waals surface area (Å²) >= 11 is 0. The van der Waals surface area contributed by atoms with Gasteiger partial charge in [0.1, 0.15) is 0 Å². The van der Waals surface area contributed by atoms with E-state index in [0.717, 1.165) is 0 Å². The summed E-state index contributed by atoms with van der Waals surface area (Å²) in [6.45, 7) is 0. The molecule has 0 aliphatic carbocycles. The smallest absolute Gasteiger partial charge is 0.345 e. The maximum Gasteiger partial charge on any atom is 0.345 e. The monoisotopic (exact) mass is 362 g/mol. The van der Waals surface area contributed by atoms with Crippen LogP contribution in [-0.2, 0) is 27.2 Å². The Morgan fingerprint density at radius 2 is 1.38 bits per heavy atom. The lowest BCUT2D eigenvalue weighted by Crippen LogP contribution is -2.29. The van der Waals surface area contributed by atoms with E-state index in [0.29, 0.717) is 11.1 Å². The summed E-state index contributed by atoms with van der Waals surface area (Å²) in [6, 6.07) is 7.93. The summed E-state index contributed by atoms with van der Waals surface area (Å²) in [5, 5.41) is 46.6. The van der Waals surface area contributed by atoms with Gasteiger partial charge < -0.3 is 30.3 Å². The number of aryl methyl sites for hydroxylation is 1. The standard InChI is InChI=1S/C18H18O8/c19-12-4-1-10(7-14(12)21)3-6-17(23)26-16(18(24)25)9-11-2-5-13(20)15(22)8-11/h1-2,4-5,7-8,16,19-22H,3,6,9H2,(H,24,25)/t16-/m0/s1. The molecule has 0 radical (unpaired) electrons. The molecule has 0 aromatic heterocycles. The minimum atomic E-state index is -1.44. The maximum atomic E-state index is 11.9. The molecule has 8 nitrogen and oxygen atoms in total. The molecule has 0 spiro atoms. The zero-order valence-electron chi connectivity index (χ0n) is 13.6. The Morgan fingerprint density at radius 3 is 1.92 bits per heavy atom. The van der Waals surface area contributed by atoms with Crippen LogP contribution in [0.5, 0.6) is 23.0 Å². The largest absolute Gasteiger partial charge is 0.504 e. The van der Waals surface area contributed by atoms with Gasteiger partial charge in [0.2, 0.25) is 6.10 Å². The second-order valence-corrected chi connectivity index (χ2v) is 5.67. The molecule has 2 rings (SSSR count). The van der Waals surface area contributed by atoms with Crippen LogP contribution in [0.25, 0.3) is 0 Å². The highest BCUT2D eigenvalue weighted by Gasteiger charge is 2.23. The van der Waals surface area contributed by atoms with Crippen LogP contribution in [0.2, 0.25) is 0 Å².